The number of rotatable bonds is 5. The maximum Gasteiger partial charge on any atom is 0.181 e. The smallest absolute Gasteiger partial charge is 0.181 e. The summed E-state index contributed by atoms with van der Waals surface area (Å²) in [5.74, 6) is -0.257. The lowest BCUT2D eigenvalue weighted by atomic mass is 10.2. The molecule has 0 aliphatic rings. The third kappa shape index (κ3) is 3.15. The molecule has 2 N–H and O–H groups in total. The molecule has 0 rings (SSSR count). The van der Waals surface area contributed by atoms with Crippen molar-refractivity contribution < 1.29 is 13.2 Å². The third-order valence-corrected chi connectivity index (χ3v) is 3.34. The van der Waals surface area contributed by atoms with E-state index in [2.05, 4.69) is 6.58 Å². The highest BCUT2D eigenvalue weighted by Crippen LogP contribution is 2.06. The van der Waals surface area contributed by atoms with Crippen LogP contribution < -0.4 is 5.73 Å². The topological polar surface area (TPSA) is 77.2 Å². The summed E-state index contributed by atoms with van der Waals surface area (Å²) in [7, 11) is -3.46. The minimum Gasteiger partial charge on any atom is -0.330 e. The highest BCUT2D eigenvalue weighted by Gasteiger charge is 2.17. The predicted molar refractivity (Wildman–Crippen MR) is 47.2 cm³/mol. The molecule has 70 valence electrons. The lowest BCUT2D eigenvalue weighted by molar-refractivity contribution is -0.104. The summed E-state index contributed by atoms with van der Waals surface area (Å²) in [4.78, 5) is 9.74. The number of hydrogen-bond acceptors (Lipinski definition) is 4. The molecule has 0 aromatic rings. The molecule has 12 heavy (non-hydrogen) atoms. The van der Waals surface area contributed by atoms with Gasteiger partial charge in [0.05, 0.1) is 10.7 Å². The SMILES string of the molecule is C=C(C=O)S(=O)(=O)CC(C)CN. The van der Waals surface area contributed by atoms with E-state index < -0.39 is 9.84 Å². The fraction of sp³-hybridized carbons (Fsp3) is 0.571. The van der Waals surface area contributed by atoms with Crippen LogP contribution in [0.2, 0.25) is 0 Å². The lowest BCUT2D eigenvalue weighted by Crippen LogP contribution is -2.22. The van der Waals surface area contributed by atoms with Crippen molar-refractivity contribution in [3.8, 4) is 0 Å². The van der Waals surface area contributed by atoms with Crippen molar-refractivity contribution in [2.24, 2.45) is 11.7 Å². The fourth-order valence-corrected chi connectivity index (χ4v) is 1.87. The molecule has 0 saturated heterocycles. The summed E-state index contributed by atoms with van der Waals surface area (Å²) < 4.78 is 22.3. The van der Waals surface area contributed by atoms with Crippen LogP contribution in [0.5, 0.6) is 0 Å². The zero-order valence-corrected chi connectivity index (χ0v) is 7.80. The molecular weight excluding hydrogens is 178 g/mol. The number of nitrogens with two attached hydrogens (primary N) is 1. The molecule has 0 heterocycles. The van der Waals surface area contributed by atoms with Crippen LogP contribution in [0, 0.1) is 5.92 Å². The molecule has 0 aromatic carbocycles. The Morgan fingerprint density at radius 3 is 2.50 bits per heavy atom. The maximum atomic E-state index is 11.1. The zero-order chi connectivity index (χ0) is 9.78. The van der Waals surface area contributed by atoms with Gasteiger partial charge in [0, 0.05) is 0 Å². The Morgan fingerprint density at radius 2 is 2.17 bits per heavy atom. The van der Waals surface area contributed by atoms with Gasteiger partial charge in [0.25, 0.3) is 0 Å². The molecular formula is C7H13NO3S. The van der Waals surface area contributed by atoms with Crippen molar-refractivity contribution in [3.05, 3.63) is 11.5 Å². The van der Waals surface area contributed by atoms with Crippen molar-refractivity contribution in [1.82, 2.24) is 0 Å². The Hall–Kier alpha value is -0.680. The molecule has 0 amide bonds. The first-order valence-electron chi connectivity index (χ1n) is 3.51. The van der Waals surface area contributed by atoms with Crippen molar-refractivity contribution in [3.63, 3.8) is 0 Å². The van der Waals surface area contributed by atoms with Gasteiger partial charge >= 0.3 is 0 Å². The van der Waals surface area contributed by atoms with Gasteiger partial charge < -0.3 is 5.73 Å². The van der Waals surface area contributed by atoms with E-state index in [-0.39, 0.29) is 29.4 Å². The Kier molecular flexibility index (Phi) is 4.12. The van der Waals surface area contributed by atoms with E-state index in [1.807, 2.05) is 0 Å². The second-order valence-corrected chi connectivity index (χ2v) is 4.79. The van der Waals surface area contributed by atoms with E-state index in [4.69, 9.17) is 5.73 Å². The predicted octanol–water partition coefficient (Wildman–Crippen LogP) is -0.291. The van der Waals surface area contributed by atoms with Crippen LogP contribution in [0.1, 0.15) is 6.92 Å². The summed E-state index contributed by atoms with van der Waals surface area (Å²) in [5.41, 5.74) is 5.24. The monoisotopic (exact) mass is 191 g/mol. The first-order chi connectivity index (χ1) is 5.44. The van der Waals surface area contributed by atoms with Crippen LogP contribution >= 0.6 is 0 Å². The number of carbonyl (C=O) groups is 1. The molecule has 1 unspecified atom stereocenters. The van der Waals surface area contributed by atoms with E-state index in [0.29, 0.717) is 0 Å². The molecule has 0 saturated carbocycles. The molecule has 0 aliphatic heterocycles. The minimum atomic E-state index is -3.46. The number of hydrogen-bond donors (Lipinski definition) is 1. The van der Waals surface area contributed by atoms with Gasteiger partial charge in [-0.1, -0.05) is 13.5 Å². The van der Waals surface area contributed by atoms with Crippen LogP contribution in [0.4, 0.5) is 0 Å². The molecule has 0 fully saturated rings. The van der Waals surface area contributed by atoms with Gasteiger partial charge in [-0.25, -0.2) is 8.42 Å². The first kappa shape index (κ1) is 11.3. The highest BCUT2D eigenvalue weighted by molar-refractivity contribution is 7.96. The van der Waals surface area contributed by atoms with Crippen molar-refractivity contribution >= 4 is 16.1 Å². The number of aldehydes is 1. The maximum absolute atomic E-state index is 11.1. The van der Waals surface area contributed by atoms with Gasteiger partial charge in [0.2, 0.25) is 0 Å². The normalized spacial score (nSPS) is 13.8. The van der Waals surface area contributed by atoms with E-state index >= 15 is 0 Å². The Labute approximate surface area is 72.4 Å². The molecule has 0 bridgehead atoms. The standard InChI is InChI=1S/C7H13NO3S/c1-6(3-8)5-12(10,11)7(2)4-9/h4,6H,2-3,5,8H2,1H3. The van der Waals surface area contributed by atoms with Crippen LogP contribution in [-0.4, -0.2) is 27.0 Å². The van der Waals surface area contributed by atoms with E-state index in [1.165, 1.54) is 0 Å². The molecule has 0 aliphatic carbocycles. The van der Waals surface area contributed by atoms with E-state index in [0.717, 1.165) is 0 Å². The van der Waals surface area contributed by atoms with E-state index in [9.17, 15) is 13.2 Å². The van der Waals surface area contributed by atoms with E-state index in [1.54, 1.807) is 6.92 Å². The van der Waals surface area contributed by atoms with Gasteiger partial charge in [-0.2, -0.15) is 0 Å². The van der Waals surface area contributed by atoms with Crippen molar-refractivity contribution in [1.29, 1.82) is 0 Å². The van der Waals surface area contributed by atoms with Gasteiger partial charge in [0.1, 0.15) is 0 Å². The molecule has 0 spiro atoms. The third-order valence-electron chi connectivity index (χ3n) is 1.44. The van der Waals surface area contributed by atoms with Crippen LogP contribution in [0.25, 0.3) is 0 Å². The summed E-state index contributed by atoms with van der Waals surface area (Å²) in [5, 5.41) is 0. The fourth-order valence-electron chi connectivity index (χ4n) is 0.623. The lowest BCUT2D eigenvalue weighted by Gasteiger charge is -2.07. The van der Waals surface area contributed by atoms with Gasteiger partial charge in [-0.15, -0.1) is 0 Å². The zero-order valence-electron chi connectivity index (χ0n) is 6.99. The molecule has 4 nitrogen and oxygen atoms in total. The average molecular weight is 191 g/mol. The van der Waals surface area contributed by atoms with Gasteiger partial charge in [-0.05, 0) is 12.5 Å². The summed E-state index contributed by atoms with van der Waals surface area (Å²) in [6.07, 6.45) is 0.249. The Morgan fingerprint density at radius 1 is 1.67 bits per heavy atom. The minimum absolute atomic E-state index is 0.110. The molecule has 1 atom stereocenters. The van der Waals surface area contributed by atoms with Crippen molar-refractivity contribution in [2.45, 2.75) is 6.92 Å². The second-order valence-electron chi connectivity index (χ2n) is 2.71. The number of sulfone groups is 1. The molecule has 0 radical (unpaired) electrons. The number of carbonyl (C=O) groups excluding carboxylic acids is 1. The van der Waals surface area contributed by atoms with Crippen LogP contribution in [0.3, 0.4) is 0 Å². The summed E-state index contributed by atoms with van der Waals surface area (Å²) in [6.45, 7) is 5.12. The highest BCUT2D eigenvalue weighted by atomic mass is 32.2. The average Bonchev–Trinajstić information content (AvgIpc) is 2.02. The number of allylic oxidation sites excluding steroid dienone is 1. The van der Waals surface area contributed by atoms with Crippen LogP contribution in [0.15, 0.2) is 11.5 Å². The molecule has 0 aromatic heterocycles. The quantitative estimate of drug-likeness (QED) is 0.478. The summed E-state index contributed by atoms with van der Waals surface area (Å²) >= 11 is 0. The van der Waals surface area contributed by atoms with Crippen LogP contribution in [-0.2, 0) is 14.6 Å². The Bertz CT molecular complexity index is 268. The first-order valence-corrected chi connectivity index (χ1v) is 5.16. The van der Waals surface area contributed by atoms with Crippen molar-refractivity contribution in [2.75, 3.05) is 12.3 Å². The summed E-state index contributed by atoms with van der Waals surface area (Å²) in [6, 6.07) is 0. The van der Waals surface area contributed by atoms with Gasteiger partial charge in [-0.3, -0.25) is 4.79 Å². The second kappa shape index (κ2) is 4.37. The van der Waals surface area contributed by atoms with Gasteiger partial charge in [0.15, 0.2) is 16.1 Å². The molecule has 5 heteroatoms. The Balaban J connectivity index is 4.44. The largest absolute Gasteiger partial charge is 0.330 e.